The van der Waals surface area contributed by atoms with Gasteiger partial charge in [0.05, 0.1) is 29.8 Å². The van der Waals surface area contributed by atoms with Gasteiger partial charge in [0.15, 0.2) is 0 Å². The van der Waals surface area contributed by atoms with Gasteiger partial charge in [0.25, 0.3) is 5.91 Å². The lowest BCUT2D eigenvalue weighted by Gasteiger charge is -2.32. The lowest BCUT2D eigenvalue weighted by Crippen LogP contribution is -2.38. The van der Waals surface area contributed by atoms with Crippen LogP contribution in [0.5, 0.6) is 0 Å². The van der Waals surface area contributed by atoms with E-state index in [2.05, 4.69) is 25.1 Å². The number of hydrogen-bond donors (Lipinski definition) is 4. The maximum atomic E-state index is 12.4. The first kappa shape index (κ1) is 23.3. The first-order valence-electron chi connectivity index (χ1n) is 11.4. The summed E-state index contributed by atoms with van der Waals surface area (Å²) in [4.78, 5) is 33.6. The number of aromatic amines is 1. The third-order valence-electron chi connectivity index (χ3n) is 6.65. The lowest BCUT2D eigenvalue weighted by atomic mass is 10.0. The standard InChI is InChI=1S/C24H30N8O2/c1-13(14(2)25)22(26)24(34)29-18-9-17-10-21(30-23(17)27-11-18)20-12-28-32(15(20)3)19-5-7-31(8-6-19)16(4)33/h9-13,19,25-26H,5-8H2,1-4H3,(H,27,30)(H,29,34). The molecule has 10 heteroatoms. The number of aromatic nitrogens is 4. The molecule has 0 radical (unpaired) electrons. The monoisotopic (exact) mass is 462 g/mol. The second kappa shape index (κ2) is 9.20. The van der Waals surface area contributed by atoms with Gasteiger partial charge in [-0.2, -0.15) is 5.10 Å². The number of piperidine rings is 1. The summed E-state index contributed by atoms with van der Waals surface area (Å²) in [5.41, 5.74) is 4.21. The first-order valence-corrected chi connectivity index (χ1v) is 11.4. The van der Waals surface area contributed by atoms with Crippen LogP contribution >= 0.6 is 0 Å². The predicted molar refractivity (Wildman–Crippen MR) is 131 cm³/mol. The Balaban J connectivity index is 1.52. The lowest BCUT2D eigenvalue weighted by molar-refractivity contribution is -0.130. The van der Waals surface area contributed by atoms with E-state index in [1.54, 1.807) is 27.0 Å². The number of carbonyl (C=O) groups excluding carboxylic acids is 2. The van der Waals surface area contributed by atoms with Crippen LogP contribution in [0.3, 0.4) is 0 Å². The highest BCUT2D eigenvalue weighted by Crippen LogP contribution is 2.31. The van der Waals surface area contributed by atoms with Crippen molar-refractivity contribution in [3.05, 3.63) is 30.2 Å². The highest BCUT2D eigenvalue weighted by molar-refractivity contribution is 6.45. The zero-order valence-corrected chi connectivity index (χ0v) is 19.9. The average molecular weight is 463 g/mol. The molecule has 1 unspecified atom stereocenters. The molecule has 178 valence electrons. The van der Waals surface area contributed by atoms with Crippen molar-refractivity contribution in [2.75, 3.05) is 18.4 Å². The summed E-state index contributed by atoms with van der Waals surface area (Å²) in [6.07, 6.45) is 5.16. The molecule has 0 saturated carbocycles. The maximum absolute atomic E-state index is 12.4. The van der Waals surface area contributed by atoms with Crippen molar-refractivity contribution in [1.82, 2.24) is 24.6 Å². The van der Waals surface area contributed by atoms with Crippen LogP contribution in [-0.4, -0.2) is 61.0 Å². The molecule has 4 heterocycles. The van der Waals surface area contributed by atoms with Crippen molar-refractivity contribution in [2.24, 2.45) is 5.92 Å². The number of likely N-dealkylation sites (tertiary alicyclic amines) is 1. The molecule has 1 aliphatic heterocycles. The number of pyridine rings is 1. The fourth-order valence-corrected chi connectivity index (χ4v) is 4.32. The summed E-state index contributed by atoms with van der Waals surface area (Å²) in [6, 6.07) is 4.04. The highest BCUT2D eigenvalue weighted by Gasteiger charge is 2.25. The summed E-state index contributed by atoms with van der Waals surface area (Å²) in [5.74, 6) is -0.956. The Bertz CT molecular complexity index is 1280. The van der Waals surface area contributed by atoms with Crippen molar-refractivity contribution in [3.63, 3.8) is 0 Å². The molecule has 1 aliphatic rings. The summed E-state index contributed by atoms with van der Waals surface area (Å²) >= 11 is 0. The van der Waals surface area contributed by atoms with Crippen molar-refractivity contribution in [1.29, 1.82) is 10.8 Å². The Labute approximate surface area is 197 Å². The summed E-state index contributed by atoms with van der Waals surface area (Å²) in [6.45, 7) is 8.40. The average Bonchev–Trinajstić information content (AvgIpc) is 3.40. The van der Waals surface area contributed by atoms with Gasteiger partial charge in [0.2, 0.25) is 5.91 Å². The van der Waals surface area contributed by atoms with Gasteiger partial charge < -0.3 is 20.6 Å². The molecule has 1 saturated heterocycles. The van der Waals surface area contributed by atoms with Crippen molar-refractivity contribution in [2.45, 2.75) is 46.6 Å². The third kappa shape index (κ3) is 4.48. The third-order valence-corrected chi connectivity index (χ3v) is 6.65. The Morgan fingerprint density at radius 1 is 1.18 bits per heavy atom. The summed E-state index contributed by atoms with van der Waals surface area (Å²) in [7, 11) is 0. The van der Waals surface area contributed by atoms with E-state index in [9.17, 15) is 9.59 Å². The highest BCUT2D eigenvalue weighted by atomic mass is 16.2. The summed E-state index contributed by atoms with van der Waals surface area (Å²) < 4.78 is 2.05. The van der Waals surface area contributed by atoms with E-state index in [0.29, 0.717) is 11.3 Å². The van der Waals surface area contributed by atoms with Gasteiger partial charge in [-0.25, -0.2) is 4.98 Å². The predicted octanol–water partition coefficient (Wildman–Crippen LogP) is 3.55. The van der Waals surface area contributed by atoms with Crippen LogP contribution < -0.4 is 5.32 Å². The zero-order valence-electron chi connectivity index (χ0n) is 19.9. The number of fused-ring (bicyclic) bond motifs is 1. The SMILES string of the molecule is CC(=N)C(C)C(=N)C(=O)Nc1cnc2[nH]c(-c3cnn(C4CCN(C(C)=O)CC4)c3C)cc2c1. The van der Waals surface area contributed by atoms with Crippen molar-refractivity contribution >= 4 is 40.0 Å². The molecule has 3 aromatic heterocycles. The van der Waals surface area contributed by atoms with E-state index in [1.807, 2.05) is 30.2 Å². The summed E-state index contributed by atoms with van der Waals surface area (Å²) in [5, 5.41) is 23.8. The molecule has 0 spiro atoms. The van der Waals surface area contributed by atoms with E-state index in [4.69, 9.17) is 10.8 Å². The second-order valence-electron chi connectivity index (χ2n) is 8.94. The van der Waals surface area contributed by atoms with Crippen molar-refractivity contribution < 1.29 is 9.59 Å². The van der Waals surface area contributed by atoms with Gasteiger partial charge in [-0.05, 0) is 38.8 Å². The van der Waals surface area contributed by atoms with Crippen LogP contribution in [0.1, 0.15) is 45.3 Å². The number of nitrogens with one attached hydrogen (secondary N) is 4. The minimum atomic E-state index is -0.538. The van der Waals surface area contributed by atoms with Crippen LogP contribution in [0.4, 0.5) is 5.69 Å². The van der Waals surface area contributed by atoms with Crippen LogP contribution in [-0.2, 0) is 9.59 Å². The van der Waals surface area contributed by atoms with E-state index in [1.165, 1.54) is 0 Å². The quantitative estimate of drug-likeness (QED) is 0.415. The van der Waals surface area contributed by atoms with Crippen LogP contribution in [0.25, 0.3) is 22.3 Å². The topological polar surface area (TPSA) is 144 Å². The Morgan fingerprint density at radius 3 is 2.53 bits per heavy atom. The number of carbonyl (C=O) groups is 2. The van der Waals surface area contributed by atoms with E-state index in [0.717, 1.165) is 48.3 Å². The van der Waals surface area contributed by atoms with E-state index in [-0.39, 0.29) is 23.4 Å². The fourth-order valence-electron chi connectivity index (χ4n) is 4.32. The number of nitrogens with zero attached hydrogens (tertiary/aromatic N) is 4. The van der Waals surface area contributed by atoms with Crippen molar-refractivity contribution in [3.8, 4) is 11.3 Å². The van der Waals surface area contributed by atoms with Crippen LogP contribution in [0, 0.1) is 23.7 Å². The Hall–Kier alpha value is -3.82. The van der Waals surface area contributed by atoms with Gasteiger partial charge in [-0.15, -0.1) is 0 Å². The van der Waals surface area contributed by atoms with Gasteiger partial charge in [-0.1, -0.05) is 6.92 Å². The molecule has 0 bridgehead atoms. The number of amides is 2. The molecule has 0 aliphatic carbocycles. The van der Waals surface area contributed by atoms with Gasteiger partial charge in [0, 0.05) is 48.3 Å². The van der Waals surface area contributed by atoms with Crippen LogP contribution in [0.2, 0.25) is 0 Å². The maximum Gasteiger partial charge on any atom is 0.270 e. The molecule has 1 atom stereocenters. The smallest absolute Gasteiger partial charge is 0.270 e. The largest absolute Gasteiger partial charge is 0.343 e. The minimum Gasteiger partial charge on any atom is -0.343 e. The minimum absolute atomic E-state index is 0.119. The molecule has 1 fully saturated rings. The van der Waals surface area contributed by atoms with E-state index < -0.39 is 11.8 Å². The molecule has 0 aromatic carbocycles. The molecule has 10 nitrogen and oxygen atoms in total. The molecule has 4 N–H and O–H groups in total. The number of rotatable bonds is 6. The number of anilines is 1. The number of hydrogen-bond acceptors (Lipinski definition) is 6. The Kier molecular flexibility index (Phi) is 6.32. The normalized spacial score (nSPS) is 15.4. The first-order chi connectivity index (χ1) is 16.2. The fraction of sp³-hybridized carbons (Fsp3) is 0.417. The molecule has 3 aromatic rings. The zero-order chi connectivity index (χ0) is 24.6. The molecule has 34 heavy (non-hydrogen) atoms. The molecule has 2 amide bonds. The molecular formula is C24H30N8O2. The van der Waals surface area contributed by atoms with Crippen LogP contribution in [0.15, 0.2) is 24.5 Å². The number of H-pyrrole nitrogens is 1. The van der Waals surface area contributed by atoms with Gasteiger partial charge >= 0.3 is 0 Å². The molecule has 4 rings (SSSR count). The Morgan fingerprint density at radius 2 is 1.88 bits per heavy atom. The second-order valence-corrected chi connectivity index (χ2v) is 8.94. The molecular weight excluding hydrogens is 432 g/mol. The van der Waals surface area contributed by atoms with E-state index >= 15 is 0 Å². The van der Waals surface area contributed by atoms with Gasteiger partial charge in [-0.3, -0.25) is 19.7 Å². The van der Waals surface area contributed by atoms with Gasteiger partial charge in [0.1, 0.15) is 11.4 Å².